The van der Waals surface area contributed by atoms with Crippen LogP contribution >= 0.6 is 11.3 Å². The van der Waals surface area contributed by atoms with E-state index in [0.717, 1.165) is 29.0 Å². The standard InChI is InChI=1S/C20H16F3NO4S/c1-10-8-11(20(21,22)23)2-5-15(10)28-12-3-4-13-14(6-7-27-16(13)9-12)17-18(25)24-19(26)29-17/h2-5,8-9,14,25H,6-7H2,1H3,(H,24,26)/t14-/m1/s1. The van der Waals surface area contributed by atoms with Crippen LogP contribution in [-0.4, -0.2) is 16.7 Å². The van der Waals surface area contributed by atoms with Crippen LogP contribution in [0.15, 0.2) is 41.2 Å². The van der Waals surface area contributed by atoms with E-state index in [-0.39, 0.29) is 16.7 Å². The zero-order valence-electron chi connectivity index (χ0n) is 15.2. The molecule has 3 aromatic rings. The Morgan fingerprint density at radius 2 is 2.03 bits per heavy atom. The first kappa shape index (κ1) is 19.4. The number of alkyl halides is 3. The van der Waals surface area contributed by atoms with Crippen LogP contribution in [0, 0.1) is 6.92 Å². The molecule has 0 radical (unpaired) electrons. The maximum atomic E-state index is 12.8. The maximum absolute atomic E-state index is 12.8. The normalized spacial score (nSPS) is 16.2. The third-order valence-electron chi connectivity index (χ3n) is 4.73. The van der Waals surface area contributed by atoms with Gasteiger partial charge in [0.05, 0.1) is 17.0 Å². The number of aromatic amines is 1. The van der Waals surface area contributed by atoms with Crippen LogP contribution in [0.25, 0.3) is 0 Å². The van der Waals surface area contributed by atoms with E-state index >= 15 is 0 Å². The topological polar surface area (TPSA) is 71.5 Å². The van der Waals surface area contributed by atoms with Gasteiger partial charge in [0.25, 0.3) is 0 Å². The summed E-state index contributed by atoms with van der Waals surface area (Å²) >= 11 is 0.957. The second kappa shape index (κ2) is 7.14. The number of aromatic hydroxyl groups is 1. The largest absolute Gasteiger partial charge is 0.494 e. The number of H-pyrrole nitrogens is 1. The molecular formula is C20H16F3NO4S. The fourth-order valence-electron chi connectivity index (χ4n) is 3.34. The highest BCUT2D eigenvalue weighted by Gasteiger charge is 2.31. The van der Waals surface area contributed by atoms with Crippen molar-refractivity contribution in [3.8, 4) is 23.1 Å². The second-order valence-corrected chi connectivity index (χ2v) is 7.71. The van der Waals surface area contributed by atoms with Crippen molar-refractivity contribution in [1.29, 1.82) is 0 Å². The Morgan fingerprint density at radius 3 is 2.69 bits per heavy atom. The number of ether oxygens (including phenoxy) is 2. The Kier molecular flexibility index (Phi) is 4.77. The summed E-state index contributed by atoms with van der Waals surface area (Å²) < 4.78 is 49.9. The molecule has 0 saturated heterocycles. The third-order valence-corrected chi connectivity index (χ3v) is 5.71. The molecule has 0 bridgehead atoms. The predicted molar refractivity (Wildman–Crippen MR) is 101 cm³/mol. The minimum atomic E-state index is -4.41. The van der Waals surface area contributed by atoms with E-state index in [1.165, 1.54) is 6.07 Å². The van der Waals surface area contributed by atoms with Gasteiger partial charge in [0.15, 0.2) is 0 Å². The molecule has 2 aromatic carbocycles. The summed E-state index contributed by atoms with van der Waals surface area (Å²) in [6, 6.07) is 8.42. The van der Waals surface area contributed by atoms with Crippen LogP contribution in [0.3, 0.4) is 0 Å². The van der Waals surface area contributed by atoms with Crippen molar-refractivity contribution in [3.63, 3.8) is 0 Å². The average molecular weight is 423 g/mol. The van der Waals surface area contributed by atoms with Gasteiger partial charge in [0.2, 0.25) is 5.88 Å². The predicted octanol–water partition coefficient (Wildman–Crippen LogP) is 5.18. The van der Waals surface area contributed by atoms with E-state index in [2.05, 4.69) is 4.98 Å². The molecule has 4 rings (SSSR count). The number of aryl methyl sites for hydroxylation is 1. The number of hydrogen-bond donors (Lipinski definition) is 2. The molecule has 0 amide bonds. The van der Waals surface area contributed by atoms with Crippen molar-refractivity contribution >= 4 is 11.3 Å². The van der Waals surface area contributed by atoms with Gasteiger partial charge in [-0.05, 0) is 43.2 Å². The lowest BCUT2D eigenvalue weighted by Crippen LogP contribution is -2.14. The van der Waals surface area contributed by atoms with Crippen molar-refractivity contribution < 1.29 is 27.8 Å². The number of rotatable bonds is 3. The molecule has 0 fully saturated rings. The van der Waals surface area contributed by atoms with Crippen molar-refractivity contribution in [1.82, 2.24) is 4.98 Å². The summed E-state index contributed by atoms with van der Waals surface area (Å²) in [6.07, 6.45) is -3.81. The summed E-state index contributed by atoms with van der Waals surface area (Å²) in [6.45, 7) is 1.94. The molecule has 1 aliphatic heterocycles. The second-order valence-electron chi connectivity index (χ2n) is 6.70. The van der Waals surface area contributed by atoms with Crippen LogP contribution in [0.1, 0.15) is 33.9 Å². The van der Waals surface area contributed by atoms with Gasteiger partial charge < -0.3 is 14.6 Å². The highest BCUT2D eigenvalue weighted by Crippen LogP contribution is 2.44. The van der Waals surface area contributed by atoms with Gasteiger partial charge >= 0.3 is 11.0 Å². The van der Waals surface area contributed by atoms with Gasteiger partial charge in [-0.25, -0.2) is 0 Å². The number of nitrogens with one attached hydrogen (secondary N) is 1. The van der Waals surface area contributed by atoms with Gasteiger partial charge in [-0.2, -0.15) is 13.2 Å². The van der Waals surface area contributed by atoms with Crippen LogP contribution < -0.4 is 14.3 Å². The number of fused-ring (bicyclic) bond motifs is 1. The molecule has 9 heteroatoms. The first-order valence-corrected chi connectivity index (χ1v) is 9.58. The number of benzene rings is 2. The highest BCUT2D eigenvalue weighted by atomic mass is 32.1. The fraction of sp³-hybridized carbons (Fsp3) is 0.250. The lowest BCUT2D eigenvalue weighted by Gasteiger charge is -2.25. The molecule has 1 aliphatic rings. The van der Waals surface area contributed by atoms with Gasteiger partial charge in [-0.1, -0.05) is 17.4 Å². The van der Waals surface area contributed by atoms with Crippen molar-refractivity contribution in [2.24, 2.45) is 0 Å². The monoisotopic (exact) mass is 423 g/mol. The van der Waals surface area contributed by atoms with Crippen LogP contribution in [0.5, 0.6) is 23.1 Å². The Morgan fingerprint density at radius 1 is 1.24 bits per heavy atom. The molecule has 152 valence electrons. The average Bonchev–Trinajstić information content (AvgIpc) is 3.00. The number of aromatic nitrogens is 1. The van der Waals surface area contributed by atoms with E-state index in [0.29, 0.717) is 40.7 Å². The lowest BCUT2D eigenvalue weighted by atomic mass is 9.92. The summed E-state index contributed by atoms with van der Waals surface area (Å²) in [4.78, 5) is 14.1. The molecule has 0 aliphatic carbocycles. The first-order chi connectivity index (χ1) is 13.7. The minimum absolute atomic E-state index is 0.140. The minimum Gasteiger partial charge on any atom is -0.494 e. The summed E-state index contributed by atoms with van der Waals surface area (Å²) in [7, 11) is 0. The van der Waals surface area contributed by atoms with Crippen molar-refractivity contribution in [3.05, 3.63) is 67.6 Å². The van der Waals surface area contributed by atoms with Gasteiger partial charge in [0, 0.05) is 17.5 Å². The van der Waals surface area contributed by atoms with E-state index in [1.54, 1.807) is 25.1 Å². The molecule has 2 N–H and O–H groups in total. The third kappa shape index (κ3) is 3.82. The molecule has 2 heterocycles. The molecule has 1 aromatic heterocycles. The van der Waals surface area contributed by atoms with E-state index < -0.39 is 11.7 Å². The number of hydrogen-bond acceptors (Lipinski definition) is 5. The summed E-state index contributed by atoms with van der Waals surface area (Å²) in [5.74, 6) is 0.942. The quantitative estimate of drug-likeness (QED) is 0.609. The number of thiazole rings is 1. The maximum Gasteiger partial charge on any atom is 0.416 e. The first-order valence-electron chi connectivity index (χ1n) is 8.77. The molecule has 0 unspecified atom stereocenters. The fourth-order valence-corrected chi connectivity index (χ4v) is 4.22. The molecular weight excluding hydrogens is 407 g/mol. The summed E-state index contributed by atoms with van der Waals surface area (Å²) in [5.41, 5.74) is 0.431. The SMILES string of the molecule is Cc1cc(C(F)(F)F)ccc1Oc1ccc2c(c1)OCC[C@H]2c1sc(=O)[nH]c1O. The van der Waals surface area contributed by atoms with E-state index in [9.17, 15) is 23.1 Å². The Hall–Kier alpha value is -2.94. The van der Waals surface area contributed by atoms with Gasteiger partial charge in [-0.15, -0.1) is 0 Å². The van der Waals surface area contributed by atoms with Crippen molar-refractivity contribution in [2.75, 3.05) is 6.61 Å². The molecule has 5 nitrogen and oxygen atoms in total. The van der Waals surface area contributed by atoms with Crippen molar-refractivity contribution in [2.45, 2.75) is 25.4 Å². The smallest absolute Gasteiger partial charge is 0.416 e. The van der Waals surface area contributed by atoms with E-state index in [1.807, 2.05) is 0 Å². The molecule has 0 saturated carbocycles. The Labute approximate surface area is 167 Å². The van der Waals surface area contributed by atoms with E-state index in [4.69, 9.17) is 9.47 Å². The summed E-state index contributed by atoms with van der Waals surface area (Å²) in [5, 5.41) is 9.98. The number of halogens is 3. The van der Waals surface area contributed by atoms with Crippen LogP contribution in [0.2, 0.25) is 0 Å². The molecule has 0 spiro atoms. The molecule has 1 atom stereocenters. The van der Waals surface area contributed by atoms with Gasteiger partial charge in [-0.3, -0.25) is 9.78 Å². The lowest BCUT2D eigenvalue weighted by molar-refractivity contribution is -0.137. The van der Waals surface area contributed by atoms with Gasteiger partial charge in [0.1, 0.15) is 17.2 Å². The van der Waals surface area contributed by atoms with Crippen LogP contribution in [-0.2, 0) is 6.18 Å². The molecule has 29 heavy (non-hydrogen) atoms. The Bertz CT molecular complexity index is 1120. The highest BCUT2D eigenvalue weighted by molar-refractivity contribution is 7.09. The Balaban J connectivity index is 1.62. The zero-order valence-corrected chi connectivity index (χ0v) is 16.0. The zero-order chi connectivity index (χ0) is 20.8. The van der Waals surface area contributed by atoms with Crippen LogP contribution in [0.4, 0.5) is 13.2 Å².